The monoisotopic (exact) mass is 339 g/mol. The molecule has 0 heterocycles. The minimum atomic E-state index is 0.378. The van der Waals surface area contributed by atoms with Crippen molar-refractivity contribution >= 4 is 15.9 Å². The van der Waals surface area contributed by atoms with Gasteiger partial charge in [0.25, 0.3) is 0 Å². The van der Waals surface area contributed by atoms with Crippen LogP contribution in [0.3, 0.4) is 0 Å². The minimum Gasteiger partial charge on any atom is -0.496 e. The molecule has 1 unspecified atom stereocenters. The molecule has 0 radical (unpaired) electrons. The molecule has 1 fully saturated rings. The van der Waals surface area contributed by atoms with Crippen molar-refractivity contribution in [3.05, 3.63) is 28.2 Å². The minimum absolute atomic E-state index is 0.378. The summed E-state index contributed by atoms with van der Waals surface area (Å²) in [4.78, 5) is 0. The first-order chi connectivity index (χ1) is 9.59. The highest BCUT2D eigenvalue weighted by molar-refractivity contribution is 9.10. The van der Waals surface area contributed by atoms with E-state index in [4.69, 9.17) is 4.74 Å². The van der Waals surface area contributed by atoms with E-state index in [1.807, 2.05) is 0 Å². The maximum Gasteiger partial charge on any atom is 0.133 e. The van der Waals surface area contributed by atoms with Crippen molar-refractivity contribution in [2.45, 2.75) is 39.5 Å². The molecule has 1 saturated carbocycles. The zero-order valence-electron chi connectivity index (χ0n) is 12.8. The SMILES string of the molecule is CCCNCC(C)(Cc1ccc(OC)c(Br)c1)C1CC1. The molecule has 0 bridgehead atoms. The zero-order valence-corrected chi connectivity index (χ0v) is 14.4. The fourth-order valence-corrected chi connectivity index (χ4v) is 3.56. The third-order valence-corrected chi connectivity index (χ3v) is 4.96. The Morgan fingerprint density at radius 3 is 2.70 bits per heavy atom. The molecule has 0 aliphatic heterocycles. The highest BCUT2D eigenvalue weighted by Gasteiger charge is 2.41. The molecule has 20 heavy (non-hydrogen) atoms. The molecule has 1 aliphatic rings. The third kappa shape index (κ3) is 3.98. The molecular weight excluding hydrogens is 314 g/mol. The molecule has 112 valence electrons. The molecule has 0 aromatic heterocycles. The predicted molar refractivity (Wildman–Crippen MR) is 88.4 cm³/mol. The average Bonchev–Trinajstić information content (AvgIpc) is 3.24. The second-order valence-corrected chi connectivity index (χ2v) is 7.11. The Balaban J connectivity index is 2.05. The quantitative estimate of drug-likeness (QED) is 0.708. The molecule has 1 atom stereocenters. The fourth-order valence-electron chi connectivity index (χ4n) is 2.97. The number of methoxy groups -OCH3 is 1. The van der Waals surface area contributed by atoms with Gasteiger partial charge in [0, 0.05) is 6.54 Å². The Kier molecular flexibility index (Phi) is 5.50. The van der Waals surface area contributed by atoms with E-state index >= 15 is 0 Å². The van der Waals surface area contributed by atoms with Crippen LogP contribution >= 0.6 is 15.9 Å². The van der Waals surface area contributed by atoms with E-state index in [0.29, 0.717) is 5.41 Å². The summed E-state index contributed by atoms with van der Waals surface area (Å²) < 4.78 is 6.36. The van der Waals surface area contributed by atoms with Gasteiger partial charge in [-0.3, -0.25) is 0 Å². The summed E-state index contributed by atoms with van der Waals surface area (Å²) in [6.45, 7) is 6.90. The summed E-state index contributed by atoms with van der Waals surface area (Å²) in [5, 5.41) is 3.62. The highest BCUT2D eigenvalue weighted by atomic mass is 79.9. The Labute approximate surface area is 131 Å². The van der Waals surface area contributed by atoms with Gasteiger partial charge in [-0.15, -0.1) is 0 Å². The van der Waals surface area contributed by atoms with Gasteiger partial charge in [-0.1, -0.05) is 19.9 Å². The fraction of sp³-hybridized carbons (Fsp3) is 0.647. The van der Waals surface area contributed by atoms with Crippen LogP contribution in [-0.4, -0.2) is 20.2 Å². The van der Waals surface area contributed by atoms with Crippen molar-refractivity contribution < 1.29 is 4.74 Å². The van der Waals surface area contributed by atoms with Gasteiger partial charge in [-0.05, 0) is 77.2 Å². The molecule has 0 spiro atoms. The molecule has 1 N–H and O–H groups in total. The van der Waals surface area contributed by atoms with Gasteiger partial charge in [0.05, 0.1) is 11.6 Å². The summed E-state index contributed by atoms with van der Waals surface area (Å²) in [6.07, 6.45) is 5.12. The lowest BCUT2D eigenvalue weighted by molar-refractivity contribution is 0.256. The smallest absolute Gasteiger partial charge is 0.133 e. The molecule has 0 saturated heterocycles. The van der Waals surface area contributed by atoms with Crippen LogP contribution in [-0.2, 0) is 6.42 Å². The van der Waals surface area contributed by atoms with Gasteiger partial charge in [0.15, 0.2) is 0 Å². The Morgan fingerprint density at radius 2 is 2.15 bits per heavy atom. The number of hydrogen-bond acceptors (Lipinski definition) is 2. The second-order valence-electron chi connectivity index (χ2n) is 6.25. The first-order valence-electron chi connectivity index (χ1n) is 7.62. The van der Waals surface area contributed by atoms with Crippen LogP contribution in [0.1, 0.15) is 38.7 Å². The summed E-state index contributed by atoms with van der Waals surface area (Å²) in [5.74, 6) is 1.79. The lowest BCUT2D eigenvalue weighted by Gasteiger charge is -2.30. The first kappa shape index (κ1) is 15.8. The van der Waals surface area contributed by atoms with Crippen molar-refractivity contribution in [2.24, 2.45) is 11.3 Å². The van der Waals surface area contributed by atoms with Crippen molar-refractivity contribution in [1.29, 1.82) is 0 Å². The number of hydrogen-bond donors (Lipinski definition) is 1. The summed E-state index contributed by atoms with van der Waals surface area (Å²) in [5.41, 5.74) is 1.77. The van der Waals surface area contributed by atoms with Crippen molar-refractivity contribution in [3.63, 3.8) is 0 Å². The lowest BCUT2D eigenvalue weighted by atomic mass is 9.79. The molecule has 2 nitrogen and oxygen atoms in total. The maximum atomic E-state index is 5.31. The van der Waals surface area contributed by atoms with Crippen molar-refractivity contribution in [1.82, 2.24) is 5.32 Å². The number of ether oxygens (including phenoxy) is 1. The van der Waals surface area contributed by atoms with Crippen LogP contribution in [0.25, 0.3) is 0 Å². The largest absolute Gasteiger partial charge is 0.496 e. The number of nitrogens with one attached hydrogen (secondary N) is 1. The van der Waals surface area contributed by atoms with Crippen LogP contribution in [0, 0.1) is 11.3 Å². The standard InChI is InChI=1S/C17H26BrNO/c1-4-9-19-12-17(2,14-6-7-14)11-13-5-8-16(20-3)15(18)10-13/h5,8,10,14,19H,4,6-7,9,11-12H2,1-3H3. The third-order valence-electron chi connectivity index (χ3n) is 4.34. The summed E-state index contributed by atoms with van der Waals surface area (Å²) in [7, 11) is 1.71. The van der Waals surface area contributed by atoms with Crippen LogP contribution in [0.2, 0.25) is 0 Å². The molecule has 1 aromatic rings. The van der Waals surface area contributed by atoms with E-state index in [1.165, 1.54) is 24.8 Å². The molecule has 2 rings (SSSR count). The van der Waals surface area contributed by atoms with E-state index < -0.39 is 0 Å². The molecular formula is C17H26BrNO. The van der Waals surface area contributed by atoms with Crippen molar-refractivity contribution in [3.8, 4) is 5.75 Å². The Morgan fingerprint density at radius 1 is 1.40 bits per heavy atom. The topological polar surface area (TPSA) is 21.3 Å². The van der Waals surface area contributed by atoms with Gasteiger partial charge in [-0.25, -0.2) is 0 Å². The summed E-state index contributed by atoms with van der Waals surface area (Å²) in [6, 6.07) is 6.47. The van der Waals surface area contributed by atoms with E-state index in [1.54, 1.807) is 7.11 Å². The zero-order chi connectivity index (χ0) is 14.6. The molecule has 0 amide bonds. The van der Waals surface area contributed by atoms with Crippen molar-refractivity contribution in [2.75, 3.05) is 20.2 Å². The lowest BCUT2D eigenvalue weighted by Crippen LogP contribution is -2.36. The van der Waals surface area contributed by atoms with Gasteiger partial charge < -0.3 is 10.1 Å². The number of halogens is 1. The number of benzene rings is 1. The predicted octanol–water partition coefficient (Wildman–Crippen LogP) is 4.42. The molecule has 1 aliphatic carbocycles. The normalized spacial score (nSPS) is 17.8. The van der Waals surface area contributed by atoms with Gasteiger partial charge in [0.2, 0.25) is 0 Å². The molecule has 3 heteroatoms. The van der Waals surface area contributed by atoms with Crippen LogP contribution in [0.4, 0.5) is 0 Å². The number of rotatable bonds is 8. The highest BCUT2D eigenvalue weighted by Crippen LogP contribution is 2.47. The van der Waals surface area contributed by atoms with Gasteiger partial charge in [0.1, 0.15) is 5.75 Å². The maximum absolute atomic E-state index is 5.31. The van der Waals surface area contributed by atoms with E-state index in [9.17, 15) is 0 Å². The van der Waals surface area contributed by atoms with E-state index in [0.717, 1.165) is 35.7 Å². The van der Waals surface area contributed by atoms with Gasteiger partial charge in [-0.2, -0.15) is 0 Å². The Bertz CT molecular complexity index is 445. The van der Waals surface area contributed by atoms with Crippen LogP contribution in [0.5, 0.6) is 5.75 Å². The first-order valence-corrected chi connectivity index (χ1v) is 8.41. The summed E-state index contributed by atoms with van der Waals surface area (Å²) >= 11 is 3.59. The van der Waals surface area contributed by atoms with E-state index in [2.05, 4.69) is 53.3 Å². The van der Waals surface area contributed by atoms with Crippen LogP contribution in [0.15, 0.2) is 22.7 Å². The average molecular weight is 340 g/mol. The van der Waals surface area contributed by atoms with Gasteiger partial charge >= 0.3 is 0 Å². The second kappa shape index (κ2) is 6.95. The van der Waals surface area contributed by atoms with Crippen LogP contribution < -0.4 is 10.1 Å². The van der Waals surface area contributed by atoms with E-state index in [-0.39, 0.29) is 0 Å². The molecule has 1 aromatic carbocycles. The Hall–Kier alpha value is -0.540.